The zero-order valence-corrected chi connectivity index (χ0v) is 41.1. The molecule has 0 spiro atoms. The molecule has 352 valence electrons. The number of rotatable bonds is 6. The minimum absolute atomic E-state index is 0. The number of hydrogen-bond donors (Lipinski definition) is 2. The lowest BCUT2D eigenvalue weighted by Crippen LogP contribution is -2.15. The SMILES string of the molecule is C.C.CC1(C)c2cc(Br)ccc2-c2ccc(-c3ccccc3)cc21.CC1(C)c2cc(Nc3ccc(-c4ccccc4)cc3)ccc2-c2ccc(-c3ccccc3)cc21.Nc1ccc(-c2ccccc2)cc1. The quantitative estimate of drug-likeness (QED) is 0.163. The number of halogens is 1. The smallest absolute Gasteiger partial charge is 0.0387 e. The Morgan fingerprint density at radius 1 is 0.310 bits per heavy atom. The molecular weight excluding hydrogens is 925 g/mol. The second kappa shape index (κ2) is 21.1. The molecule has 0 fully saturated rings. The van der Waals surface area contributed by atoms with Gasteiger partial charge in [-0.25, -0.2) is 0 Å². The van der Waals surface area contributed by atoms with Gasteiger partial charge in [0.15, 0.2) is 0 Å². The van der Waals surface area contributed by atoms with E-state index >= 15 is 0 Å². The van der Waals surface area contributed by atoms with Crippen LogP contribution in [-0.2, 0) is 10.8 Å². The average Bonchev–Trinajstić information content (AvgIpc) is 3.76. The highest BCUT2D eigenvalue weighted by Gasteiger charge is 2.37. The Morgan fingerprint density at radius 2 is 0.606 bits per heavy atom. The Balaban J connectivity index is 0.000000156. The van der Waals surface area contributed by atoms with Crippen LogP contribution in [0.5, 0.6) is 0 Å². The molecule has 2 aliphatic rings. The van der Waals surface area contributed by atoms with Crippen LogP contribution in [-0.4, -0.2) is 0 Å². The molecule has 3 N–H and O–H groups in total. The molecule has 0 amide bonds. The van der Waals surface area contributed by atoms with Gasteiger partial charge in [-0.05, 0) is 150 Å². The summed E-state index contributed by atoms with van der Waals surface area (Å²) in [5.74, 6) is 0. The summed E-state index contributed by atoms with van der Waals surface area (Å²) in [5, 5.41) is 3.61. The predicted octanol–water partition coefficient (Wildman–Crippen LogP) is 19.7. The van der Waals surface area contributed by atoms with E-state index in [1.807, 2.05) is 42.5 Å². The summed E-state index contributed by atoms with van der Waals surface area (Å²) in [6.07, 6.45) is 0. The highest BCUT2D eigenvalue weighted by Crippen LogP contribution is 2.52. The lowest BCUT2D eigenvalue weighted by Gasteiger charge is -2.23. The van der Waals surface area contributed by atoms with E-state index < -0.39 is 0 Å². The summed E-state index contributed by atoms with van der Waals surface area (Å²) in [7, 11) is 0. The molecule has 10 aromatic rings. The summed E-state index contributed by atoms with van der Waals surface area (Å²) in [6.45, 7) is 9.31. The van der Waals surface area contributed by atoms with Crippen LogP contribution in [0.3, 0.4) is 0 Å². The minimum atomic E-state index is -0.0513. The molecule has 0 bridgehead atoms. The van der Waals surface area contributed by atoms with E-state index in [0.717, 1.165) is 21.5 Å². The molecule has 0 saturated heterocycles. The highest BCUT2D eigenvalue weighted by atomic mass is 79.9. The Kier molecular flexibility index (Phi) is 14.8. The first kappa shape index (κ1) is 49.7. The van der Waals surface area contributed by atoms with Crippen molar-refractivity contribution in [1.29, 1.82) is 0 Å². The van der Waals surface area contributed by atoms with Crippen molar-refractivity contribution in [2.75, 3.05) is 11.1 Å². The molecule has 12 rings (SSSR count). The first-order valence-electron chi connectivity index (χ1n) is 23.7. The molecule has 71 heavy (non-hydrogen) atoms. The fourth-order valence-electron chi connectivity index (χ4n) is 9.99. The van der Waals surface area contributed by atoms with Gasteiger partial charge in [0, 0.05) is 32.4 Å². The Bertz CT molecular complexity index is 3380. The summed E-state index contributed by atoms with van der Waals surface area (Å²) in [4.78, 5) is 0. The van der Waals surface area contributed by atoms with Crippen molar-refractivity contribution in [2.45, 2.75) is 53.4 Å². The van der Waals surface area contributed by atoms with Crippen LogP contribution in [0.25, 0.3) is 66.8 Å². The summed E-state index contributed by atoms with van der Waals surface area (Å²) in [5.41, 5.74) is 29.6. The molecule has 3 heteroatoms. The third-order valence-electron chi connectivity index (χ3n) is 13.8. The fourth-order valence-corrected chi connectivity index (χ4v) is 10.4. The maximum Gasteiger partial charge on any atom is 0.0387 e. The van der Waals surface area contributed by atoms with Gasteiger partial charge >= 0.3 is 0 Å². The van der Waals surface area contributed by atoms with Gasteiger partial charge in [0.05, 0.1) is 0 Å². The zero-order chi connectivity index (χ0) is 47.5. The number of anilines is 3. The van der Waals surface area contributed by atoms with E-state index in [1.54, 1.807) is 0 Å². The molecule has 0 unspecified atom stereocenters. The van der Waals surface area contributed by atoms with E-state index in [-0.39, 0.29) is 25.7 Å². The topological polar surface area (TPSA) is 38.0 Å². The second-order valence-corrected chi connectivity index (χ2v) is 19.9. The lowest BCUT2D eigenvalue weighted by molar-refractivity contribution is 0.660. The minimum Gasteiger partial charge on any atom is -0.399 e. The molecule has 0 heterocycles. The molecule has 0 radical (unpaired) electrons. The third kappa shape index (κ3) is 10.3. The van der Waals surface area contributed by atoms with E-state index in [4.69, 9.17) is 5.73 Å². The third-order valence-corrected chi connectivity index (χ3v) is 14.3. The van der Waals surface area contributed by atoms with E-state index in [9.17, 15) is 0 Å². The Hall–Kier alpha value is -7.72. The summed E-state index contributed by atoms with van der Waals surface area (Å²) < 4.78 is 1.15. The summed E-state index contributed by atoms with van der Waals surface area (Å²) >= 11 is 3.61. The Labute approximate surface area is 431 Å². The van der Waals surface area contributed by atoms with Crippen LogP contribution >= 0.6 is 15.9 Å². The predicted molar refractivity (Wildman–Crippen MR) is 311 cm³/mol. The van der Waals surface area contributed by atoms with Crippen LogP contribution in [0, 0.1) is 0 Å². The first-order chi connectivity index (χ1) is 33.5. The molecule has 2 nitrogen and oxygen atoms in total. The van der Waals surface area contributed by atoms with Crippen LogP contribution in [0.4, 0.5) is 17.1 Å². The second-order valence-electron chi connectivity index (χ2n) is 19.0. The largest absolute Gasteiger partial charge is 0.399 e. The highest BCUT2D eigenvalue weighted by molar-refractivity contribution is 9.10. The number of nitrogens with one attached hydrogen (secondary N) is 1. The lowest BCUT2D eigenvalue weighted by atomic mass is 9.81. The molecule has 0 aliphatic heterocycles. The van der Waals surface area contributed by atoms with Crippen molar-refractivity contribution >= 4 is 33.0 Å². The van der Waals surface area contributed by atoms with Crippen molar-refractivity contribution in [2.24, 2.45) is 0 Å². The molecule has 10 aromatic carbocycles. The monoisotopic (exact) mass is 986 g/mol. The van der Waals surface area contributed by atoms with Gasteiger partial charge in [-0.1, -0.05) is 240 Å². The van der Waals surface area contributed by atoms with Gasteiger partial charge in [0.25, 0.3) is 0 Å². The number of nitrogens with two attached hydrogens (primary N) is 1. The normalized spacial score (nSPS) is 12.6. The van der Waals surface area contributed by atoms with Gasteiger partial charge < -0.3 is 11.1 Å². The number of hydrogen-bond acceptors (Lipinski definition) is 2. The van der Waals surface area contributed by atoms with Crippen molar-refractivity contribution in [3.05, 3.63) is 269 Å². The molecule has 0 atom stereocenters. The van der Waals surface area contributed by atoms with Crippen LogP contribution in [0.15, 0.2) is 247 Å². The van der Waals surface area contributed by atoms with Crippen molar-refractivity contribution in [3.8, 4) is 66.8 Å². The average molecular weight is 988 g/mol. The number of benzene rings is 10. The van der Waals surface area contributed by atoms with Crippen molar-refractivity contribution < 1.29 is 0 Å². The van der Waals surface area contributed by atoms with E-state index in [1.165, 1.54) is 89.0 Å². The van der Waals surface area contributed by atoms with Gasteiger partial charge in [-0.3, -0.25) is 0 Å². The van der Waals surface area contributed by atoms with Crippen LogP contribution in [0.1, 0.15) is 64.8 Å². The Morgan fingerprint density at radius 3 is 1.03 bits per heavy atom. The zero-order valence-electron chi connectivity index (χ0n) is 39.5. The van der Waals surface area contributed by atoms with Gasteiger partial charge in [-0.2, -0.15) is 0 Å². The van der Waals surface area contributed by atoms with Gasteiger partial charge in [0.1, 0.15) is 0 Å². The molecule has 0 saturated carbocycles. The first-order valence-corrected chi connectivity index (χ1v) is 24.5. The van der Waals surface area contributed by atoms with Gasteiger partial charge in [0.2, 0.25) is 0 Å². The van der Waals surface area contributed by atoms with Crippen LogP contribution < -0.4 is 11.1 Å². The maximum absolute atomic E-state index is 5.60. The molecular formula is C68H63BrN2. The standard InChI is InChI=1S/C33H27N.C21H17Br.C12H11N.2CH4/c1-33(2)31-21-26(24-11-7-4-8-12-24)15-19-29(31)30-20-18-28(22-32(30)33)34-27-16-13-25(14-17-27)23-9-5-3-6-10-23;1-21(2)19-12-15(14-6-4-3-5-7-14)8-10-17(19)18-11-9-16(22)13-20(18)21;13-12-8-6-11(7-9-12)10-4-2-1-3-5-10;;/h3-22,34H,1-2H3;3-13H,1-2H3;1-9H,13H2;2*1H4. The fraction of sp³-hybridized carbons (Fsp3) is 0.118. The maximum atomic E-state index is 5.60. The number of nitrogen functional groups attached to an aromatic ring is 1. The van der Waals surface area contributed by atoms with Crippen molar-refractivity contribution in [3.63, 3.8) is 0 Å². The molecule has 0 aromatic heterocycles. The van der Waals surface area contributed by atoms with Crippen molar-refractivity contribution in [1.82, 2.24) is 0 Å². The summed E-state index contributed by atoms with van der Waals surface area (Å²) in [6, 6.07) is 85.8. The number of fused-ring (bicyclic) bond motifs is 6. The molecule has 2 aliphatic carbocycles. The van der Waals surface area contributed by atoms with E-state index in [2.05, 4.69) is 249 Å². The van der Waals surface area contributed by atoms with E-state index in [0.29, 0.717) is 0 Å². The van der Waals surface area contributed by atoms with Gasteiger partial charge in [-0.15, -0.1) is 0 Å². The van der Waals surface area contributed by atoms with Crippen LogP contribution in [0.2, 0.25) is 0 Å².